The maximum absolute atomic E-state index is 3.89. The van der Waals surface area contributed by atoms with Crippen LogP contribution in [0.25, 0.3) is 0 Å². The topological polar surface area (TPSA) is 24.7 Å². The molecule has 1 aliphatic rings. The summed E-state index contributed by atoms with van der Waals surface area (Å²) in [6, 6.07) is 8.87. The third-order valence-corrected chi connectivity index (χ3v) is 2.14. The summed E-state index contributed by atoms with van der Waals surface area (Å²) in [7, 11) is 0. The van der Waals surface area contributed by atoms with Gasteiger partial charge in [-0.3, -0.25) is 0 Å². The lowest BCUT2D eigenvalue weighted by Crippen LogP contribution is -1.87. The Morgan fingerprint density at radius 3 is 3.50 bits per heavy atom. The van der Waals surface area contributed by atoms with Crippen molar-refractivity contribution in [2.24, 2.45) is 9.63 Å². The van der Waals surface area contributed by atoms with Crippen molar-refractivity contribution in [1.82, 2.24) is 0 Å². The van der Waals surface area contributed by atoms with Crippen LogP contribution in [0, 0.1) is 6.07 Å². The van der Waals surface area contributed by atoms with Crippen molar-refractivity contribution in [3.8, 4) is 0 Å². The highest BCUT2D eigenvalue weighted by Gasteiger charge is 2.04. The molecular weight excluding hydrogens is 144 g/mol. The van der Waals surface area contributed by atoms with Gasteiger partial charge in [0.1, 0.15) is 0 Å². The minimum atomic E-state index is 0.708. The number of nitrogens with zero attached hydrogens (tertiary/aromatic N) is 2. The zero-order valence-corrected chi connectivity index (χ0v) is 6.06. The molecule has 1 aromatic rings. The predicted octanol–water partition coefficient (Wildman–Crippen LogP) is 2.46. The second-order valence-corrected chi connectivity index (χ2v) is 2.79. The Morgan fingerprint density at radius 2 is 2.60 bits per heavy atom. The number of hydrogen-bond acceptors (Lipinski definition) is 3. The molecule has 1 radical (unpaired) electrons. The van der Waals surface area contributed by atoms with E-state index in [1.807, 2.05) is 18.2 Å². The van der Waals surface area contributed by atoms with E-state index >= 15 is 0 Å². The van der Waals surface area contributed by atoms with Gasteiger partial charge in [0, 0.05) is 16.8 Å². The van der Waals surface area contributed by atoms with Crippen LogP contribution in [0.15, 0.2) is 32.7 Å². The molecule has 0 aromatic heterocycles. The number of fused-ring (bicyclic) bond motifs is 1. The van der Waals surface area contributed by atoms with Crippen molar-refractivity contribution in [3.63, 3.8) is 0 Å². The molecule has 0 saturated heterocycles. The quantitative estimate of drug-likeness (QED) is 0.520. The molecule has 2 nitrogen and oxygen atoms in total. The van der Waals surface area contributed by atoms with Crippen molar-refractivity contribution in [1.29, 1.82) is 0 Å². The van der Waals surface area contributed by atoms with Crippen LogP contribution in [0.5, 0.6) is 0 Å². The normalized spacial score (nSPS) is 14.8. The van der Waals surface area contributed by atoms with Gasteiger partial charge in [-0.2, -0.15) is 5.11 Å². The molecule has 1 aromatic carbocycles. The molecule has 0 saturated carbocycles. The van der Waals surface area contributed by atoms with E-state index < -0.39 is 0 Å². The number of hydrogen-bond donors (Lipinski definition) is 0. The van der Waals surface area contributed by atoms with Gasteiger partial charge in [-0.15, -0.1) is 4.52 Å². The van der Waals surface area contributed by atoms with E-state index in [1.165, 1.54) is 22.4 Å². The Hall–Kier alpha value is -0.830. The predicted molar refractivity (Wildman–Crippen MR) is 39.7 cm³/mol. The fraction of sp³-hybridized carbons (Fsp3) is 0.143. The Balaban J connectivity index is 2.47. The second kappa shape index (κ2) is 2.42. The molecule has 0 amide bonds. The Kier molecular flexibility index (Phi) is 1.43. The fourth-order valence-electron chi connectivity index (χ4n) is 0.841. The molecular formula is C7H5N2S. The maximum Gasteiger partial charge on any atom is 0.0871 e. The first-order chi connectivity index (χ1) is 4.97. The molecule has 3 heteroatoms. The van der Waals surface area contributed by atoms with Crippen LogP contribution in [-0.4, -0.2) is 0 Å². The zero-order valence-electron chi connectivity index (χ0n) is 5.24. The lowest BCUT2D eigenvalue weighted by atomic mass is 10.2. The van der Waals surface area contributed by atoms with Crippen LogP contribution < -0.4 is 0 Å². The van der Waals surface area contributed by atoms with Gasteiger partial charge < -0.3 is 0 Å². The largest absolute Gasteiger partial charge is 0.177 e. The summed E-state index contributed by atoms with van der Waals surface area (Å²) in [6.07, 6.45) is 0. The lowest BCUT2D eigenvalue weighted by Gasteiger charge is -2.05. The second-order valence-electron chi connectivity index (χ2n) is 2.01. The molecule has 49 valence electrons. The van der Waals surface area contributed by atoms with E-state index in [-0.39, 0.29) is 0 Å². The van der Waals surface area contributed by atoms with Crippen molar-refractivity contribution in [2.75, 3.05) is 0 Å². The third kappa shape index (κ3) is 0.926. The number of benzene rings is 1. The van der Waals surface area contributed by atoms with Crippen LogP contribution in [0.4, 0.5) is 0 Å². The first-order valence-corrected chi connectivity index (χ1v) is 3.77. The molecule has 0 N–H and O–H groups in total. The summed E-state index contributed by atoms with van der Waals surface area (Å²) in [5.41, 5.74) is 1.22. The van der Waals surface area contributed by atoms with E-state index in [0.717, 1.165) is 0 Å². The van der Waals surface area contributed by atoms with Gasteiger partial charge in [0.25, 0.3) is 0 Å². The van der Waals surface area contributed by atoms with E-state index in [1.54, 1.807) is 0 Å². The summed E-state index contributed by atoms with van der Waals surface area (Å²) in [6.45, 7) is 0.708. The molecule has 0 fully saturated rings. The van der Waals surface area contributed by atoms with Crippen molar-refractivity contribution >= 4 is 11.9 Å². The smallest absolute Gasteiger partial charge is 0.0871 e. The van der Waals surface area contributed by atoms with Gasteiger partial charge >= 0.3 is 0 Å². The number of rotatable bonds is 0. The summed E-state index contributed by atoms with van der Waals surface area (Å²) >= 11 is 1.43. The van der Waals surface area contributed by atoms with Gasteiger partial charge in [-0.1, -0.05) is 6.07 Å². The van der Waals surface area contributed by atoms with Gasteiger partial charge in [-0.25, -0.2) is 0 Å². The molecule has 2 rings (SSSR count). The van der Waals surface area contributed by atoms with Gasteiger partial charge in [0.05, 0.1) is 6.54 Å². The molecule has 0 aliphatic carbocycles. The molecule has 1 heterocycles. The van der Waals surface area contributed by atoms with Gasteiger partial charge in [0.15, 0.2) is 0 Å². The van der Waals surface area contributed by atoms with Crippen LogP contribution in [0.1, 0.15) is 5.56 Å². The summed E-state index contributed by atoms with van der Waals surface area (Å²) in [5, 5.41) is 3.89. The average molecular weight is 149 g/mol. The Labute approximate surface area is 63.5 Å². The highest BCUT2D eigenvalue weighted by atomic mass is 32.2. The molecule has 0 bridgehead atoms. The minimum Gasteiger partial charge on any atom is -0.177 e. The lowest BCUT2D eigenvalue weighted by molar-refractivity contribution is 0.940. The first kappa shape index (κ1) is 5.92. The van der Waals surface area contributed by atoms with E-state index in [9.17, 15) is 0 Å². The van der Waals surface area contributed by atoms with Crippen molar-refractivity contribution in [3.05, 3.63) is 29.8 Å². The Morgan fingerprint density at radius 1 is 1.60 bits per heavy atom. The van der Waals surface area contributed by atoms with Gasteiger partial charge in [-0.05, 0) is 23.8 Å². The summed E-state index contributed by atoms with van der Waals surface area (Å²) in [5.74, 6) is 0. The third-order valence-electron chi connectivity index (χ3n) is 1.34. The van der Waals surface area contributed by atoms with E-state index in [4.69, 9.17) is 0 Å². The van der Waals surface area contributed by atoms with Crippen LogP contribution in [0.3, 0.4) is 0 Å². The summed E-state index contributed by atoms with van der Waals surface area (Å²) in [4.78, 5) is 1.20. The van der Waals surface area contributed by atoms with E-state index in [0.29, 0.717) is 6.54 Å². The van der Waals surface area contributed by atoms with Crippen LogP contribution >= 0.6 is 11.9 Å². The monoisotopic (exact) mass is 149 g/mol. The standard InChI is InChI=1S/C7H5N2S/c1-2-4-7-6(3-1)5-8-9-10-7/h2-4H,5H2. The molecule has 0 atom stereocenters. The first-order valence-electron chi connectivity index (χ1n) is 2.99. The van der Waals surface area contributed by atoms with Crippen LogP contribution in [0.2, 0.25) is 0 Å². The van der Waals surface area contributed by atoms with Crippen molar-refractivity contribution in [2.45, 2.75) is 11.4 Å². The molecule has 1 aliphatic heterocycles. The molecule has 10 heavy (non-hydrogen) atoms. The SMILES string of the molecule is [c]1ccc2c(c1)CN=NS2. The summed E-state index contributed by atoms with van der Waals surface area (Å²) < 4.78 is 3.85. The van der Waals surface area contributed by atoms with Gasteiger partial charge in [0.2, 0.25) is 0 Å². The van der Waals surface area contributed by atoms with E-state index in [2.05, 4.69) is 15.7 Å². The van der Waals surface area contributed by atoms with Crippen molar-refractivity contribution < 1.29 is 0 Å². The highest BCUT2D eigenvalue weighted by molar-refractivity contribution is 7.98. The maximum atomic E-state index is 3.89. The Bertz CT molecular complexity index is 243. The average Bonchev–Trinajstić information content (AvgIpc) is 2.05. The molecule has 0 unspecified atom stereocenters. The molecule has 0 spiro atoms. The minimum absolute atomic E-state index is 0.708. The fourth-order valence-corrected chi connectivity index (χ4v) is 1.41. The zero-order chi connectivity index (χ0) is 6.81. The highest BCUT2D eigenvalue weighted by Crippen LogP contribution is 2.28. The van der Waals surface area contributed by atoms with Crippen LogP contribution in [-0.2, 0) is 6.54 Å².